The Bertz CT molecular complexity index is 897. The van der Waals surface area contributed by atoms with Crippen LogP contribution in [-0.2, 0) is 9.53 Å². The van der Waals surface area contributed by atoms with E-state index in [9.17, 15) is 22.0 Å². The second-order valence-corrected chi connectivity index (χ2v) is 5.60. The molecule has 1 aliphatic rings. The van der Waals surface area contributed by atoms with E-state index >= 15 is 0 Å². The molecule has 1 aliphatic heterocycles. The maximum atomic E-state index is 13.9. The summed E-state index contributed by atoms with van der Waals surface area (Å²) in [5.41, 5.74) is 8.66. The third kappa shape index (κ3) is 5.26. The molecule has 1 aromatic carbocycles. The number of ether oxygens (including phenoxy) is 1. The number of benzene rings is 1. The molecule has 0 unspecified atom stereocenters. The van der Waals surface area contributed by atoms with Crippen LogP contribution in [0.3, 0.4) is 0 Å². The van der Waals surface area contributed by atoms with Crippen molar-refractivity contribution in [3.63, 3.8) is 0 Å². The van der Waals surface area contributed by atoms with Crippen molar-refractivity contribution in [3.8, 4) is 11.1 Å². The van der Waals surface area contributed by atoms with Gasteiger partial charge in [-0.2, -0.15) is 13.2 Å². The largest absolute Gasteiger partial charge is 0.490 e. The summed E-state index contributed by atoms with van der Waals surface area (Å²) in [6, 6.07) is 4.91. The molecule has 0 atom stereocenters. The SMILES string of the molecule is Nc1c(-c2cc(F)ccc2F)ccnc1C1=CCOCC1.O=C(O)C(F)(F)F. The molecule has 0 fully saturated rings. The number of alkyl halides is 3. The van der Waals surface area contributed by atoms with Gasteiger partial charge in [0.2, 0.25) is 0 Å². The summed E-state index contributed by atoms with van der Waals surface area (Å²) in [5, 5.41) is 7.12. The van der Waals surface area contributed by atoms with Gasteiger partial charge in [-0.3, -0.25) is 4.98 Å². The number of nitrogens with two attached hydrogens (primary N) is 1. The van der Waals surface area contributed by atoms with E-state index in [-0.39, 0.29) is 5.56 Å². The minimum absolute atomic E-state index is 0.142. The van der Waals surface area contributed by atoms with Crippen LogP contribution in [0.25, 0.3) is 16.7 Å². The van der Waals surface area contributed by atoms with Gasteiger partial charge in [0.1, 0.15) is 11.6 Å². The number of carbonyl (C=O) groups is 1. The van der Waals surface area contributed by atoms with Crippen molar-refractivity contribution in [2.24, 2.45) is 0 Å². The van der Waals surface area contributed by atoms with Crippen LogP contribution in [-0.4, -0.2) is 35.4 Å². The summed E-state index contributed by atoms with van der Waals surface area (Å²) in [7, 11) is 0. The summed E-state index contributed by atoms with van der Waals surface area (Å²) < 4.78 is 64.3. The molecule has 0 saturated carbocycles. The number of pyridine rings is 1. The Hall–Kier alpha value is -3.01. The molecular formula is C18H15F5N2O3. The molecular weight excluding hydrogens is 387 g/mol. The van der Waals surface area contributed by atoms with Gasteiger partial charge in [-0.15, -0.1) is 0 Å². The topological polar surface area (TPSA) is 85.4 Å². The van der Waals surface area contributed by atoms with Crippen LogP contribution >= 0.6 is 0 Å². The lowest BCUT2D eigenvalue weighted by Gasteiger charge is -2.16. The summed E-state index contributed by atoms with van der Waals surface area (Å²) in [6.45, 7) is 1.11. The summed E-state index contributed by atoms with van der Waals surface area (Å²) >= 11 is 0. The predicted octanol–water partition coefficient (Wildman–Crippen LogP) is 4.05. The molecule has 0 aliphatic carbocycles. The van der Waals surface area contributed by atoms with Gasteiger partial charge in [-0.25, -0.2) is 13.6 Å². The van der Waals surface area contributed by atoms with Crippen LogP contribution in [0, 0.1) is 11.6 Å². The number of aromatic nitrogens is 1. The number of hydrogen-bond acceptors (Lipinski definition) is 4. The molecule has 5 nitrogen and oxygen atoms in total. The van der Waals surface area contributed by atoms with Crippen molar-refractivity contribution in [3.05, 3.63) is 53.9 Å². The highest BCUT2D eigenvalue weighted by Crippen LogP contribution is 2.34. The number of nitrogens with zero attached hydrogens (tertiary/aromatic N) is 1. The van der Waals surface area contributed by atoms with Crippen molar-refractivity contribution < 1.29 is 36.6 Å². The van der Waals surface area contributed by atoms with E-state index in [2.05, 4.69) is 4.98 Å². The third-order valence-corrected chi connectivity index (χ3v) is 3.72. The number of hydrogen-bond donors (Lipinski definition) is 2. The summed E-state index contributed by atoms with van der Waals surface area (Å²) in [6.07, 6.45) is -0.915. The molecule has 10 heteroatoms. The standard InChI is InChI=1S/C16H14F2N2O.C2HF3O2/c17-11-1-2-14(18)13(9-11)12-3-6-20-16(15(12)19)10-4-7-21-8-5-10;3-2(4,5)1(6)7/h1-4,6,9H,5,7-8,19H2;(H,6,7). The summed E-state index contributed by atoms with van der Waals surface area (Å²) in [4.78, 5) is 13.2. The number of anilines is 1. The van der Waals surface area contributed by atoms with E-state index in [1.165, 1.54) is 0 Å². The summed E-state index contributed by atoms with van der Waals surface area (Å²) in [5.74, 6) is -3.77. The van der Waals surface area contributed by atoms with Crippen molar-refractivity contribution in [2.45, 2.75) is 12.6 Å². The third-order valence-electron chi connectivity index (χ3n) is 3.72. The minimum atomic E-state index is -5.08. The number of rotatable bonds is 2. The number of carboxylic acid groups (broad SMARTS) is 1. The Balaban J connectivity index is 0.000000345. The molecule has 3 N–H and O–H groups in total. The lowest BCUT2D eigenvalue weighted by Crippen LogP contribution is -2.21. The van der Waals surface area contributed by atoms with E-state index in [1.807, 2.05) is 6.08 Å². The van der Waals surface area contributed by atoms with Crippen molar-refractivity contribution in [1.29, 1.82) is 0 Å². The van der Waals surface area contributed by atoms with Gasteiger partial charge in [-0.05, 0) is 36.3 Å². The van der Waals surface area contributed by atoms with Crippen LogP contribution in [0.2, 0.25) is 0 Å². The Morgan fingerprint density at radius 2 is 1.86 bits per heavy atom. The van der Waals surface area contributed by atoms with E-state index in [0.29, 0.717) is 36.6 Å². The normalized spacial score (nSPS) is 14.0. The fraction of sp³-hybridized carbons (Fsp3) is 0.222. The number of carboxylic acids is 1. The molecule has 28 heavy (non-hydrogen) atoms. The van der Waals surface area contributed by atoms with Gasteiger partial charge in [0.25, 0.3) is 0 Å². The molecule has 2 heterocycles. The highest BCUT2D eigenvalue weighted by atomic mass is 19.4. The van der Waals surface area contributed by atoms with Crippen molar-refractivity contribution in [1.82, 2.24) is 4.98 Å². The lowest BCUT2D eigenvalue weighted by molar-refractivity contribution is -0.192. The van der Waals surface area contributed by atoms with E-state index in [4.69, 9.17) is 20.4 Å². The molecule has 0 bridgehead atoms. The minimum Gasteiger partial charge on any atom is -0.475 e. The highest BCUT2D eigenvalue weighted by Gasteiger charge is 2.38. The fourth-order valence-corrected chi connectivity index (χ4v) is 2.41. The second kappa shape index (κ2) is 8.79. The zero-order chi connectivity index (χ0) is 20.9. The van der Waals surface area contributed by atoms with Crippen LogP contribution in [0.1, 0.15) is 12.1 Å². The molecule has 0 amide bonds. The first kappa shape index (κ1) is 21.3. The van der Waals surface area contributed by atoms with Crippen molar-refractivity contribution in [2.75, 3.05) is 18.9 Å². The maximum Gasteiger partial charge on any atom is 0.490 e. The molecule has 0 radical (unpaired) electrons. The number of nitrogen functional groups attached to an aromatic ring is 1. The zero-order valence-corrected chi connectivity index (χ0v) is 14.3. The molecule has 1 aromatic heterocycles. The number of aliphatic carboxylic acids is 1. The molecule has 0 spiro atoms. The van der Waals surface area contributed by atoms with Crippen molar-refractivity contribution >= 4 is 17.2 Å². The quantitative estimate of drug-likeness (QED) is 0.741. The molecule has 0 saturated heterocycles. The van der Waals surface area contributed by atoms with Gasteiger partial charge >= 0.3 is 12.1 Å². The number of halogens is 5. The monoisotopic (exact) mass is 402 g/mol. The average Bonchev–Trinajstić information content (AvgIpc) is 2.64. The Morgan fingerprint density at radius 1 is 1.18 bits per heavy atom. The molecule has 2 aromatic rings. The van der Waals surface area contributed by atoms with Gasteiger partial charge in [0, 0.05) is 17.3 Å². The first-order valence-corrected chi connectivity index (χ1v) is 7.88. The fourth-order valence-electron chi connectivity index (χ4n) is 2.41. The zero-order valence-electron chi connectivity index (χ0n) is 14.3. The highest BCUT2D eigenvalue weighted by molar-refractivity contribution is 5.85. The molecule has 3 rings (SSSR count). The van der Waals surface area contributed by atoms with Crippen LogP contribution < -0.4 is 5.73 Å². The molecule has 150 valence electrons. The Kier molecular flexibility index (Phi) is 6.68. The van der Waals surface area contributed by atoms with E-state index in [0.717, 1.165) is 23.8 Å². The first-order chi connectivity index (χ1) is 13.1. The van der Waals surface area contributed by atoms with Gasteiger partial charge < -0.3 is 15.6 Å². The van der Waals surface area contributed by atoms with Crippen LogP contribution in [0.4, 0.5) is 27.6 Å². The predicted molar refractivity (Wildman–Crippen MR) is 91.1 cm³/mol. The smallest absolute Gasteiger partial charge is 0.475 e. The van der Waals surface area contributed by atoms with Crippen LogP contribution in [0.5, 0.6) is 0 Å². The first-order valence-electron chi connectivity index (χ1n) is 7.88. The van der Waals surface area contributed by atoms with Crippen LogP contribution in [0.15, 0.2) is 36.5 Å². The van der Waals surface area contributed by atoms with E-state index < -0.39 is 23.8 Å². The van der Waals surface area contributed by atoms with E-state index in [1.54, 1.807) is 12.3 Å². The average molecular weight is 402 g/mol. The van der Waals surface area contributed by atoms with Gasteiger partial charge in [-0.1, -0.05) is 6.08 Å². The lowest BCUT2D eigenvalue weighted by atomic mass is 9.98. The Morgan fingerprint density at radius 3 is 2.43 bits per heavy atom. The Labute approximate surface area is 156 Å². The van der Waals surface area contributed by atoms with Gasteiger partial charge in [0.05, 0.1) is 24.6 Å². The maximum absolute atomic E-state index is 13.9. The second-order valence-electron chi connectivity index (χ2n) is 5.60. The van der Waals surface area contributed by atoms with Gasteiger partial charge in [0.15, 0.2) is 0 Å².